The second kappa shape index (κ2) is 6.74. The van der Waals surface area contributed by atoms with Crippen molar-refractivity contribution < 1.29 is 0 Å². The normalized spacial score (nSPS) is 11.8. The van der Waals surface area contributed by atoms with E-state index in [1.165, 1.54) is 25.7 Å². The van der Waals surface area contributed by atoms with E-state index in [-0.39, 0.29) is 5.41 Å². The molecular formula is C17H26N4. The summed E-state index contributed by atoms with van der Waals surface area (Å²) in [6.07, 6.45) is 5.02. The average Bonchev–Trinajstić information content (AvgIpc) is 2.45. The molecule has 0 aliphatic carbocycles. The Kier molecular flexibility index (Phi) is 4.99. The molecule has 0 amide bonds. The first-order chi connectivity index (χ1) is 10.0. The van der Waals surface area contributed by atoms with Crippen molar-refractivity contribution in [2.75, 3.05) is 17.6 Å². The number of hydrogen-bond donors (Lipinski definition) is 2. The van der Waals surface area contributed by atoms with Gasteiger partial charge in [-0.25, -0.2) is 9.97 Å². The van der Waals surface area contributed by atoms with Gasteiger partial charge in [0, 0.05) is 6.54 Å². The lowest BCUT2D eigenvalue weighted by atomic mass is 9.87. The lowest BCUT2D eigenvalue weighted by Gasteiger charge is -2.25. The monoisotopic (exact) mass is 286 g/mol. The SMILES string of the molecule is CCCCCC(C)(C)CNc1nc2ccccc2nc1N. The maximum atomic E-state index is 6.00. The Morgan fingerprint density at radius 2 is 1.76 bits per heavy atom. The van der Waals surface area contributed by atoms with Crippen LogP contribution in [-0.4, -0.2) is 16.5 Å². The lowest BCUT2D eigenvalue weighted by molar-refractivity contribution is 0.342. The topological polar surface area (TPSA) is 63.8 Å². The molecule has 4 nitrogen and oxygen atoms in total. The van der Waals surface area contributed by atoms with E-state index >= 15 is 0 Å². The van der Waals surface area contributed by atoms with Gasteiger partial charge < -0.3 is 11.1 Å². The first-order valence-corrected chi connectivity index (χ1v) is 7.78. The van der Waals surface area contributed by atoms with Crippen molar-refractivity contribution in [1.82, 2.24) is 9.97 Å². The molecule has 0 saturated carbocycles. The zero-order chi connectivity index (χ0) is 15.3. The highest BCUT2D eigenvalue weighted by Crippen LogP contribution is 2.25. The highest BCUT2D eigenvalue weighted by molar-refractivity contribution is 5.79. The molecule has 4 heteroatoms. The molecule has 21 heavy (non-hydrogen) atoms. The molecule has 0 aliphatic heterocycles. The van der Waals surface area contributed by atoms with Gasteiger partial charge in [-0.05, 0) is 24.0 Å². The predicted octanol–water partition coefficient (Wildman–Crippen LogP) is 4.23. The molecule has 0 spiro atoms. The minimum atomic E-state index is 0.231. The van der Waals surface area contributed by atoms with Crippen LogP contribution in [0, 0.1) is 5.41 Å². The van der Waals surface area contributed by atoms with Crippen molar-refractivity contribution in [1.29, 1.82) is 0 Å². The van der Waals surface area contributed by atoms with E-state index in [2.05, 4.69) is 36.1 Å². The molecule has 0 unspecified atom stereocenters. The van der Waals surface area contributed by atoms with Crippen molar-refractivity contribution in [3.63, 3.8) is 0 Å². The predicted molar refractivity (Wildman–Crippen MR) is 90.4 cm³/mol. The molecule has 0 radical (unpaired) electrons. The molecule has 3 N–H and O–H groups in total. The summed E-state index contributed by atoms with van der Waals surface area (Å²) in [6, 6.07) is 7.79. The second-order valence-corrected chi connectivity index (χ2v) is 6.42. The van der Waals surface area contributed by atoms with Crippen molar-refractivity contribution in [3.8, 4) is 0 Å². The summed E-state index contributed by atoms with van der Waals surface area (Å²) < 4.78 is 0. The highest BCUT2D eigenvalue weighted by Gasteiger charge is 2.18. The van der Waals surface area contributed by atoms with Crippen LogP contribution in [0.2, 0.25) is 0 Å². The van der Waals surface area contributed by atoms with E-state index in [0.717, 1.165) is 17.6 Å². The molecule has 1 aromatic heterocycles. The Balaban J connectivity index is 2.04. The molecule has 0 saturated heterocycles. The third-order valence-corrected chi connectivity index (χ3v) is 3.79. The number of rotatable bonds is 7. The third-order valence-electron chi connectivity index (χ3n) is 3.79. The Morgan fingerprint density at radius 3 is 2.43 bits per heavy atom. The number of aromatic nitrogens is 2. The largest absolute Gasteiger partial charge is 0.381 e. The number of unbranched alkanes of at least 4 members (excludes halogenated alkanes) is 2. The van der Waals surface area contributed by atoms with E-state index in [4.69, 9.17) is 5.73 Å². The zero-order valence-corrected chi connectivity index (χ0v) is 13.3. The summed E-state index contributed by atoms with van der Waals surface area (Å²) in [5.41, 5.74) is 7.94. The smallest absolute Gasteiger partial charge is 0.169 e. The van der Waals surface area contributed by atoms with Crippen LogP contribution in [-0.2, 0) is 0 Å². The van der Waals surface area contributed by atoms with Crippen molar-refractivity contribution in [2.45, 2.75) is 46.5 Å². The second-order valence-electron chi connectivity index (χ2n) is 6.42. The maximum Gasteiger partial charge on any atom is 0.169 e. The van der Waals surface area contributed by atoms with E-state index in [1.807, 2.05) is 24.3 Å². The molecule has 2 rings (SSSR count). The van der Waals surface area contributed by atoms with Crippen LogP contribution in [0.3, 0.4) is 0 Å². The van der Waals surface area contributed by atoms with Gasteiger partial charge in [-0.2, -0.15) is 0 Å². The summed E-state index contributed by atoms with van der Waals surface area (Å²) in [5.74, 6) is 1.16. The molecule has 0 fully saturated rings. The van der Waals surface area contributed by atoms with Gasteiger partial charge in [-0.1, -0.05) is 52.2 Å². The lowest BCUT2D eigenvalue weighted by Crippen LogP contribution is -2.24. The fraction of sp³-hybridized carbons (Fsp3) is 0.529. The molecule has 2 aromatic rings. The van der Waals surface area contributed by atoms with E-state index < -0.39 is 0 Å². The summed E-state index contributed by atoms with van der Waals surface area (Å²) in [5, 5.41) is 3.37. The van der Waals surface area contributed by atoms with Gasteiger partial charge in [-0.15, -0.1) is 0 Å². The molecule has 0 bridgehead atoms. The van der Waals surface area contributed by atoms with Crippen molar-refractivity contribution >= 4 is 22.7 Å². The van der Waals surface area contributed by atoms with Crippen LogP contribution in [0.5, 0.6) is 0 Å². The number of nitrogens with zero attached hydrogens (tertiary/aromatic N) is 2. The Morgan fingerprint density at radius 1 is 1.10 bits per heavy atom. The summed E-state index contributed by atoms with van der Waals surface area (Å²) in [7, 11) is 0. The minimum absolute atomic E-state index is 0.231. The van der Waals surface area contributed by atoms with Crippen molar-refractivity contribution in [2.24, 2.45) is 5.41 Å². The molecule has 0 aliphatic rings. The summed E-state index contributed by atoms with van der Waals surface area (Å²) >= 11 is 0. The fourth-order valence-electron chi connectivity index (χ4n) is 2.41. The van der Waals surface area contributed by atoms with Gasteiger partial charge in [-0.3, -0.25) is 0 Å². The minimum Gasteiger partial charge on any atom is -0.381 e. The van der Waals surface area contributed by atoms with Crippen LogP contribution in [0.1, 0.15) is 46.5 Å². The number of hydrogen-bond acceptors (Lipinski definition) is 4. The number of fused-ring (bicyclic) bond motifs is 1. The van der Waals surface area contributed by atoms with Gasteiger partial charge in [0.25, 0.3) is 0 Å². The maximum absolute atomic E-state index is 6.00. The van der Waals surface area contributed by atoms with Crippen LogP contribution < -0.4 is 11.1 Å². The van der Waals surface area contributed by atoms with E-state index in [0.29, 0.717) is 11.6 Å². The number of para-hydroxylation sites is 2. The van der Waals surface area contributed by atoms with Gasteiger partial charge >= 0.3 is 0 Å². The Hall–Kier alpha value is -1.84. The average molecular weight is 286 g/mol. The standard InChI is InChI=1S/C17H26N4/c1-4-5-8-11-17(2,3)12-19-16-15(18)20-13-9-6-7-10-14(13)21-16/h6-7,9-10H,4-5,8,11-12H2,1-3H3,(H2,18,20)(H,19,21). The number of nitrogens with two attached hydrogens (primary N) is 1. The number of nitrogens with one attached hydrogen (secondary N) is 1. The molecule has 1 aromatic carbocycles. The summed E-state index contributed by atoms with van der Waals surface area (Å²) in [4.78, 5) is 8.98. The van der Waals surface area contributed by atoms with Crippen LogP contribution >= 0.6 is 0 Å². The van der Waals surface area contributed by atoms with Gasteiger partial charge in [0.05, 0.1) is 11.0 Å². The number of anilines is 2. The quantitative estimate of drug-likeness (QED) is 0.748. The van der Waals surface area contributed by atoms with Crippen LogP contribution in [0.25, 0.3) is 11.0 Å². The van der Waals surface area contributed by atoms with Gasteiger partial charge in [0.2, 0.25) is 0 Å². The van der Waals surface area contributed by atoms with E-state index in [1.54, 1.807) is 0 Å². The Labute approximate surface area is 127 Å². The first kappa shape index (κ1) is 15.5. The van der Waals surface area contributed by atoms with Crippen LogP contribution in [0.15, 0.2) is 24.3 Å². The third kappa shape index (κ3) is 4.31. The fourth-order valence-corrected chi connectivity index (χ4v) is 2.41. The van der Waals surface area contributed by atoms with Gasteiger partial charge in [0.1, 0.15) is 0 Å². The van der Waals surface area contributed by atoms with Gasteiger partial charge in [0.15, 0.2) is 11.6 Å². The molecule has 1 heterocycles. The zero-order valence-electron chi connectivity index (χ0n) is 13.3. The Bertz CT molecular complexity index is 592. The molecule has 114 valence electrons. The summed E-state index contributed by atoms with van der Waals surface area (Å²) in [6.45, 7) is 7.64. The van der Waals surface area contributed by atoms with Crippen molar-refractivity contribution in [3.05, 3.63) is 24.3 Å². The highest BCUT2D eigenvalue weighted by atomic mass is 15.1. The molecule has 0 atom stereocenters. The van der Waals surface area contributed by atoms with E-state index in [9.17, 15) is 0 Å². The molecular weight excluding hydrogens is 260 g/mol. The number of nitrogen functional groups attached to an aromatic ring is 1. The van der Waals surface area contributed by atoms with Crippen LogP contribution in [0.4, 0.5) is 11.6 Å². The number of benzene rings is 1. The first-order valence-electron chi connectivity index (χ1n) is 7.78.